The van der Waals surface area contributed by atoms with Crippen molar-refractivity contribution >= 4 is 5.69 Å². The van der Waals surface area contributed by atoms with E-state index in [1.165, 1.54) is 18.2 Å². The van der Waals surface area contributed by atoms with Gasteiger partial charge < -0.3 is 14.9 Å². The van der Waals surface area contributed by atoms with Gasteiger partial charge in [0.15, 0.2) is 0 Å². The fraction of sp³-hybridized carbons (Fsp3) is 0.0909. The highest BCUT2D eigenvalue weighted by molar-refractivity contribution is 5.52. The zero-order valence-electron chi connectivity index (χ0n) is 7.94. The molecule has 15 heavy (non-hydrogen) atoms. The van der Waals surface area contributed by atoms with Crippen LogP contribution in [0.4, 0.5) is 10.1 Å². The van der Waals surface area contributed by atoms with Crippen molar-refractivity contribution in [2.24, 2.45) is 0 Å². The van der Waals surface area contributed by atoms with Gasteiger partial charge in [-0.25, -0.2) is 4.39 Å². The zero-order chi connectivity index (χ0) is 10.7. The molecular formula is C11H10FNO2. The molecule has 2 aromatic rings. The second-order valence-corrected chi connectivity index (χ2v) is 3.05. The summed E-state index contributed by atoms with van der Waals surface area (Å²) in [6, 6.07) is 7.53. The summed E-state index contributed by atoms with van der Waals surface area (Å²) < 4.78 is 23.2. The molecule has 2 N–H and O–H groups in total. The lowest BCUT2D eigenvalue weighted by Crippen LogP contribution is -1.98. The summed E-state index contributed by atoms with van der Waals surface area (Å²) in [4.78, 5) is 0. The molecule has 0 unspecified atom stereocenters. The Morgan fingerprint density at radius 3 is 2.93 bits per heavy atom. The topological polar surface area (TPSA) is 48.4 Å². The van der Waals surface area contributed by atoms with E-state index in [-0.39, 0.29) is 12.4 Å². The fourth-order valence-corrected chi connectivity index (χ4v) is 1.18. The third kappa shape index (κ3) is 2.28. The Morgan fingerprint density at radius 1 is 1.33 bits per heavy atom. The van der Waals surface area contributed by atoms with Crippen molar-refractivity contribution in [3.8, 4) is 5.75 Å². The van der Waals surface area contributed by atoms with E-state index in [9.17, 15) is 4.39 Å². The molecule has 0 saturated heterocycles. The van der Waals surface area contributed by atoms with Gasteiger partial charge in [0.1, 0.15) is 23.9 Å². The van der Waals surface area contributed by atoms with Gasteiger partial charge >= 0.3 is 0 Å². The SMILES string of the molecule is Nc1ccc(F)cc1OCc1ccco1. The molecule has 0 atom stereocenters. The third-order valence-electron chi connectivity index (χ3n) is 1.93. The number of rotatable bonds is 3. The maximum absolute atomic E-state index is 12.9. The number of hydrogen-bond donors (Lipinski definition) is 1. The highest BCUT2D eigenvalue weighted by Gasteiger charge is 2.03. The molecule has 0 fully saturated rings. The summed E-state index contributed by atoms with van der Waals surface area (Å²) in [6.07, 6.45) is 1.55. The van der Waals surface area contributed by atoms with Crippen LogP contribution in [0.25, 0.3) is 0 Å². The number of halogens is 1. The molecule has 0 saturated carbocycles. The van der Waals surface area contributed by atoms with Gasteiger partial charge in [-0.3, -0.25) is 0 Å². The Bertz CT molecular complexity index is 440. The molecule has 1 aromatic carbocycles. The van der Waals surface area contributed by atoms with Gasteiger partial charge in [-0.2, -0.15) is 0 Å². The summed E-state index contributed by atoms with van der Waals surface area (Å²) in [5.74, 6) is 0.615. The second kappa shape index (κ2) is 4.04. The maximum Gasteiger partial charge on any atom is 0.146 e. The first-order chi connectivity index (χ1) is 7.25. The zero-order valence-corrected chi connectivity index (χ0v) is 7.94. The van der Waals surface area contributed by atoms with Crippen LogP contribution in [-0.2, 0) is 6.61 Å². The summed E-state index contributed by atoms with van der Waals surface area (Å²) in [5.41, 5.74) is 6.01. The van der Waals surface area contributed by atoms with Gasteiger partial charge in [0.2, 0.25) is 0 Å². The smallest absolute Gasteiger partial charge is 0.146 e. The Labute approximate surface area is 86.3 Å². The lowest BCUT2D eigenvalue weighted by atomic mass is 10.3. The number of nitrogens with two attached hydrogens (primary N) is 1. The Morgan fingerprint density at radius 2 is 2.20 bits per heavy atom. The number of nitrogen functional groups attached to an aromatic ring is 1. The summed E-state index contributed by atoms with van der Waals surface area (Å²) in [6.45, 7) is 0.237. The van der Waals surface area contributed by atoms with Crippen LogP contribution in [0.5, 0.6) is 5.75 Å². The molecule has 0 spiro atoms. The van der Waals surface area contributed by atoms with Crippen molar-refractivity contribution in [3.05, 3.63) is 48.2 Å². The average molecular weight is 207 g/mol. The normalized spacial score (nSPS) is 10.2. The molecule has 0 aliphatic carbocycles. The second-order valence-electron chi connectivity index (χ2n) is 3.05. The summed E-state index contributed by atoms with van der Waals surface area (Å²) >= 11 is 0. The minimum absolute atomic E-state index is 0.237. The molecule has 0 bridgehead atoms. The predicted octanol–water partition coefficient (Wildman–Crippen LogP) is 2.58. The monoisotopic (exact) mass is 207 g/mol. The Hall–Kier alpha value is -1.97. The largest absolute Gasteiger partial charge is 0.483 e. The Kier molecular flexibility index (Phi) is 2.58. The number of hydrogen-bond acceptors (Lipinski definition) is 3. The minimum Gasteiger partial charge on any atom is -0.483 e. The lowest BCUT2D eigenvalue weighted by molar-refractivity contribution is 0.270. The van der Waals surface area contributed by atoms with Crippen LogP contribution in [0.15, 0.2) is 41.0 Å². The minimum atomic E-state index is -0.376. The van der Waals surface area contributed by atoms with E-state index in [0.29, 0.717) is 17.2 Å². The molecule has 0 aliphatic heterocycles. The standard InChI is InChI=1S/C11H10FNO2/c12-8-3-4-10(13)11(6-8)15-7-9-2-1-5-14-9/h1-6H,7,13H2. The molecule has 0 amide bonds. The van der Waals surface area contributed by atoms with Gasteiger partial charge in [-0.1, -0.05) is 0 Å². The van der Waals surface area contributed by atoms with Crippen molar-refractivity contribution in [2.45, 2.75) is 6.61 Å². The molecule has 3 nitrogen and oxygen atoms in total. The van der Waals surface area contributed by atoms with Crippen molar-refractivity contribution in [1.82, 2.24) is 0 Å². The van der Waals surface area contributed by atoms with E-state index < -0.39 is 0 Å². The van der Waals surface area contributed by atoms with Gasteiger partial charge in [0, 0.05) is 6.07 Å². The first-order valence-corrected chi connectivity index (χ1v) is 4.46. The molecule has 4 heteroatoms. The van der Waals surface area contributed by atoms with E-state index in [2.05, 4.69) is 0 Å². The van der Waals surface area contributed by atoms with Crippen LogP contribution in [0.2, 0.25) is 0 Å². The van der Waals surface area contributed by atoms with E-state index in [0.717, 1.165) is 0 Å². The quantitative estimate of drug-likeness (QED) is 0.787. The predicted molar refractivity (Wildman–Crippen MR) is 53.9 cm³/mol. The van der Waals surface area contributed by atoms with Gasteiger partial charge in [0.25, 0.3) is 0 Å². The van der Waals surface area contributed by atoms with Crippen molar-refractivity contribution < 1.29 is 13.5 Å². The highest BCUT2D eigenvalue weighted by atomic mass is 19.1. The maximum atomic E-state index is 12.9. The number of benzene rings is 1. The molecule has 0 radical (unpaired) electrons. The molecule has 1 heterocycles. The number of anilines is 1. The van der Waals surface area contributed by atoms with Crippen LogP contribution in [0, 0.1) is 5.82 Å². The first kappa shape index (κ1) is 9.58. The van der Waals surface area contributed by atoms with E-state index in [4.69, 9.17) is 14.9 Å². The molecule has 2 rings (SSSR count). The van der Waals surface area contributed by atoms with E-state index in [1.807, 2.05) is 0 Å². The summed E-state index contributed by atoms with van der Waals surface area (Å²) in [5, 5.41) is 0. The molecular weight excluding hydrogens is 197 g/mol. The van der Waals surface area contributed by atoms with Gasteiger partial charge in [-0.05, 0) is 24.3 Å². The summed E-state index contributed by atoms with van der Waals surface area (Å²) in [7, 11) is 0. The molecule has 78 valence electrons. The molecule has 0 aliphatic rings. The number of ether oxygens (including phenoxy) is 1. The number of furan rings is 1. The fourth-order valence-electron chi connectivity index (χ4n) is 1.18. The van der Waals surface area contributed by atoms with Gasteiger partial charge in [-0.15, -0.1) is 0 Å². The van der Waals surface area contributed by atoms with Crippen molar-refractivity contribution in [2.75, 3.05) is 5.73 Å². The lowest BCUT2D eigenvalue weighted by Gasteiger charge is -2.06. The van der Waals surface area contributed by atoms with Crippen molar-refractivity contribution in [1.29, 1.82) is 0 Å². The van der Waals surface area contributed by atoms with Crippen LogP contribution in [0.1, 0.15) is 5.76 Å². The highest BCUT2D eigenvalue weighted by Crippen LogP contribution is 2.23. The van der Waals surface area contributed by atoms with Crippen molar-refractivity contribution in [3.63, 3.8) is 0 Å². The third-order valence-corrected chi connectivity index (χ3v) is 1.93. The van der Waals surface area contributed by atoms with Gasteiger partial charge in [0.05, 0.1) is 12.0 Å². The van der Waals surface area contributed by atoms with Crippen LogP contribution < -0.4 is 10.5 Å². The van der Waals surface area contributed by atoms with E-state index >= 15 is 0 Å². The van der Waals surface area contributed by atoms with E-state index in [1.54, 1.807) is 18.4 Å². The van der Waals surface area contributed by atoms with Crippen LogP contribution >= 0.6 is 0 Å². The molecule has 1 aromatic heterocycles. The van der Waals surface area contributed by atoms with Crippen LogP contribution in [-0.4, -0.2) is 0 Å². The first-order valence-electron chi connectivity index (χ1n) is 4.46. The Balaban J connectivity index is 2.07. The average Bonchev–Trinajstić information content (AvgIpc) is 2.72. The van der Waals surface area contributed by atoms with Crippen LogP contribution in [0.3, 0.4) is 0 Å².